The molecule has 0 spiro atoms. The molecule has 4 heteroatoms. The van der Waals surface area contributed by atoms with Crippen LogP contribution in [0.2, 0.25) is 0 Å². The predicted octanol–water partition coefficient (Wildman–Crippen LogP) is 2.74. The molecule has 1 atom stereocenters. The number of hydrogen-bond donors (Lipinski definition) is 0. The molecule has 86 valence electrons. The maximum Gasteiger partial charge on any atom is 0.234 e. The molecule has 0 bridgehead atoms. The van der Waals surface area contributed by atoms with Crippen molar-refractivity contribution in [2.45, 2.75) is 19.2 Å². The van der Waals surface area contributed by atoms with Gasteiger partial charge in [0.2, 0.25) is 5.91 Å². The highest BCUT2D eigenvalue weighted by atomic mass is 32.2. The van der Waals surface area contributed by atoms with Gasteiger partial charge in [-0.15, -0.1) is 11.8 Å². The SMILES string of the molecule is C=C(C)CN1C(=O)CSC1c1ccc(C)o1. The molecule has 0 saturated carbocycles. The van der Waals surface area contributed by atoms with E-state index in [1.165, 1.54) is 0 Å². The number of amides is 1. The quantitative estimate of drug-likeness (QED) is 0.758. The van der Waals surface area contributed by atoms with Gasteiger partial charge in [-0.05, 0) is 26.0 Å². The van der Waals surface area contributed by atoms with Crippen LogP contribution >= 0.6 is 11.8 Å². The van der Waals surface area contributed by atoms with E-state index in [2.05, 4.69) is 6.58 Å². The van der Waals surface area contributed by atoms with Crippen molar-refractivity contribution in [2.24, 2.45) is 0 Å². The summed E-state index contributed by atoms with van der Waals surface area (Å²) in [5.74, 6) is 2.42. The molecule has 1 aliphatic heterocycles. The highest BCUT2D eigenvalue weighted by Crippen LogP contribution is 2.39. The predicted molar refractivity (Wildman–Crippen MR) is 65.2 cm³/mol. The summed E-state index contributed by atoms with van der Waals surface area (Å²) in [6.07, 6.45) is 0. The third-order valence-electron chi connectivity index (χ3n) is 2.41. The highest BCUT2D eigenvalue weighted by Gasteiger charge is 2.34. The Morgan fingerprint density at radius 1 is 1.69 bits per heavy atom. The molecule has 2 rings (SSSR count). The van der Waals surface area contributed by atoms with Crippen LogP contribution in [-0.2, 0) is 4.79 Å². The van der Waals surface area contributed by atoms with E-state index in [0.29, 0.717) is 12.3 Å². The summed E-state index contributed by atoms with van der Waals surface area (Å²) in [7, 11) is 0. The second-order valence-corrected chi connectivity index (χ2v) is 5.16. The number of furan rings is 1. The monoisotopic (exact) mass is 237 g/mol. The molecule has 1 fully saturated rings. The first-order valence-electron chi connectivity index (χ1n) is 5.19. The number of carbonyl (C=O) groups is 1. The minimum atomic E-state index is 0.0119. The minimum absolute atomic E-state index is 0.0119. The molecule has 2 heterocycles. The van der Waals surface area contributed by atoms with Gasteiger partial charge >= 0.3 is 0 Å². The zero-order valence-corrected chi connectivity index (χ0v) is 10.3. The van der Waals surface area contributed by atoms with Crippen molar-refractivity contribution in [1.82, 2.24) is 4.90 Å². The molecule has 1 aromatic rings. The smallest absolute Gasteiger partial charge is 0.234 e. The number of nitrogens with zero attached hydrogens (tertiary/aromatic N) is 1. The van der Waals surface area contributed by atoms with E-state index in [4.69, 9.17) is 4.42 Å². The Balaban J connectivity index is 2.20. The van der Waals surface area contributed by atoms with Gasteiger partial charge in [-0.2, -0.15) is 0 Å². The van der Waals surface area contributed by atoms with Crippen LogP contribution in [0.15, 0.2) is 28.7 Å². The largest absolute Gasteiger partial charge is 0.463 e. The lowest BCUT2D eigenvalue weighted by atomic mass is 10.3. The Labute approximate surface area is 99.5 Å². The van der Waals surface area contributed by atoms with Crippen LogP contribution in [0.4, 0.5) is 0 Å². The standard InChI is InChI=1S/C12H15NO2S/c1-8(2)6-13-11(14)7-16-12(13)10-5-4-9(3)15-10/h4-5,12H,1,6-7H2,2-3H3. The summed E-state index contributed by atoms with van der Waals surface area (Å²) in [4.78, 5) is 13.5. The number of thioether (sulfide) groups is 1. The molecule has 16 heavy (non-hydrogen) atoms. The Bertz CT molecular complexity index is 424. The van der Waals surface area contributed by atoms with Crippen molar-refractivity contribution >= 4 is 17.7 Å². The lowest BCUT2D eigenvalue weighted by Gasteiger charge is -2.22. The van der Waals surface area contributed by atoms with Gasteiger partial charge in [0.15, 0.2) is 0 Å². The van der Waals surface area contributed by atoms with E-state index in [-0.39, 0.29) is 11.3 Å². The fraction of sp³-hybridized carbons (Fsp3) is 0.417. The fourth-order valence-electron chi connectivity index (χ4n) is 1.74. The molecule has 0 N–H and O–H groups in total. The molecule has 1 amide bonds. The summed E-state index contributed by atoms with van der Waals surface area (Å²) in [6, 6.07) is 3.87. The van der Waals surface area contributed by atoms with Gasteiger partial charge in [-0.25, -0.2) is 0 Å². The van der Waals surface area contributed by atoms with E-state index in [0.717, 1.165) is 17.1 Å². The van der Waals surface area contributed by atoms with E-state index in [1.54, 1.807) is 11.8 Å². The summed E-state index contributed by atoms with van der Waals surface area (Å²) < 4.78 is 5.58. The van der Waals surface area contributed by atoms with Gasteiger partial charge in [0, 0.05) is 6.54 Å². The van der Waals surface area contributed by atoms with Gasteiger partial charge in [-0.3, -0.25) is 4.79 Å². The van der Waals surface area contributed by atoms with Crippen molar-refractivity contribution in [3.63, 3.8) is 0 Å². The van der Waals surface area contributed by atoms with Crippen LogP contribution < -0.4 is 0 Å². The van der Waals surface area contributed by atoms with Gasteiger partial charge in [0.05, 0.1) is 5.75 Å². The lowest BCUT2D eigenvalue weighted by molar-refractivity contribution is -0.127. The fourth-order valence-corrected chi connectivity index (χ4v) is 2.87. The van der Waals surface area contributed by atoms with Crippen molar-refractivity contribution < 1.29 is 9.21 Å². The number of aryl methyl sites for hydroxylation is 1. The lowest BCUT2D eigenvalue weighted by Crippen LogP contribution is -2.29. The Morgan fingerprint density at radius 2 is 2.44 bits per heavy atom. The molecular weight excluding hydrogens is 222 g/mol. The highest BCUT2D eigenvalue weighted by molar-refractivity contribution is 8.00. The summed E-state index contributed by atoms with van der Waals surface area (Å²) in [6.45, 7) is 8.30. The Morgan fingerprint density at radius 3 is 3.00 bits per heavy atom. The van der Waals surface area contributed by atoms with Gasteiger partial charge < -0.3 is 9.32 Å². The normalized spacial score (nSPS) is 20.5. The maximum absolute atomic E-state index is 11.7. The first-order chi connectivity index (χ1) is 7.58. The van der Waals surface area contributed by atoms with E-state index in [1.807, 2.05) is 30.9 Å². The molecule has 1 aliphatic rings. The van der Waals surface area contributed by atoms with Crippen LogP contribution in [0.3, 0.4) is 0 Å². The zero-order valence-electron chi connectivity index (χ0n) is 9.53. The third-order valence-corrected chi connectivity index (χ3v) is 3.63. The van der Waals surface area contributed by atoms with Crippen LogP contribution in [0.25, 0.3) is 0 Å². The summed E-state index contributed by atoms with van der Waals surface area (Å²) in [5.41, 5.74) is 0.990. The van der Waals surface area contributed by atoms with Crippen LogP contribution in [-0.4, -0.2) is 23.1 Å². The minimum Gasteiger partial charge on any atom is -0.463 e. The molecular formula is C12H15NO2S. The van der Waals surface area contributed by atoms with Crippen LogP contribution in [0.1, 0.15) is 23.8 Å². The number of hydrogen-bond acceptors (Lipinski definition) is 3. The Hall–Kier alpha value is -1.16. The average molecular weight is 237 g/mol. The van der Waals surface area contributed by atoms with Crippen molar-refractivity contribution in [3.8, 4) is 0 Å². The second kappa shape index (κ2) is 4.37. The maximum atomic E-state index is 11.7. The van der Waals surface area contributed by atoms with Crippen LogP contribution in [0.5, 0.6) is 0 Å². The van der Waals surface area contributed by atoms with E-state index < -0.39 is 0 Å². The summed E-state index contributed by atoms with van der Waals surface area (Å²) in [5, 5.41) is 0.0119. The van der Waals surface area contributed by atoms with E-state index in [9.17, 15) is 4.79 Å². The summed E-state index contributed by atoms with van der Waals surface area (Å²) >= 11 is 1.61. The molecule has 0 aromatic carbocycles. The van der Waals surface area contributed by atoms with Crippen LogP contribution in [0, 0.1) is 6.92 Å². The number of carbonyl (C=O) groups excluding carboxylic acids is 1. The number of rotatable bonds is 3. The third kappa shape index (κ3) is 2.16. The van der Waals surface area contributed by atoms with Gasteiger partial charge in [0.1, 0.15) is 16.9 Å². The Kier molecular flexibility index (Phi) is 3.10. The first-order valence-corrected chi connectivity index (χ1v) is 6.24. The molecule has 1 unspecified atom stereocenters. The van der Waals surface area contributed by atoms with E-state index >= 15 is 0 Å². The van der Waals surface area contributed by atoms with Gasteiger partial charge in [0.25, 0.3) is 0 Å². The van der Waals surface area contributed by atoms with Crippen molar-refractivity contribution in [1.29, 1.82) is 0 Å². The van der Waals surface area contributed by atoms with Crippen molar-refractivity contribution in [3.05, 3.63) is 35.8 Å². The van der Waals surface area contributed by atoms with Gasteiger partial charge in [-0.1, -0.05) is 12.2 Å². The first kappa shape index (κ1) is 11.3. The topological polar surface area (TPSA) is 33.5 Å². The second-order valence-electron chi connectivity index (χ2n) is 4.09. The molecule has 1 saturated heterocycles. The molecule has 0 radical (unpaired) electrons. The molecule has 0 aliphatic carbocycles. The average Bonchev–Trinajstić information content (AvgIpc) is 2.75. The van der Waals surface area contributed by atoms with Crippen molar-refractivity contribution in [2.75, 3.05) is 12.3 Å². The molecule has 1 aromatic heterocycles. The zero-order chi connectivity index (χ0) is 11.7. The molecule has 3 nitrogen and oxygen atoms in total.